The lowest BCUT2D eigenvalue weighted by atomic mass is 9.91. The molecule has 21 heavy (non-hydrogen) atoms. The Balaban J connectivity index is 5.00. The minimum absolute atomic E-state index is 0.113. The molecule has 0 aliphatic rings. The van der Waals surface area contributed by atoms with Gasteiger partial charge >= 0.3 is 11.9 Å². The summed E-state index contributed by atoms with van der Waals surface area (Å²) in [5.74, 6) is 2.38. The second-order valence-electron chi connectivity index (χ2n) is 6.05. The number of esters is 2. The van der Waals surface area contributed by atoms with Gasteiger partial charge in [0, 0.05) is 12.3 Å². The molecule has 0 fully saturated rings. The molecular formula is C16H25FO4. The van der Waals surface area contributed by atoms with E-state index in [4.69, 9.17) is 9.47 Å². The molecule has 0 amide bonds. The molecule has 0 aliphatic carbocycles. The SMILES string of the molecule is CCOC(=O)[C@@H](C#CC(=O)OC(C)(C)C)CC(C)(F)CC. The molecule has 5 heteroatoms. The number of ether oxygens (including phenoxy) is 2. The standard InChI is InChI=1S/C16H25FO4/c1-7-16(6,17)11-12(14(19)20-8-2)9-10-13(18)21-15(3,4)5/h12H,7-8,11H2,1-6H3/t12-,16?/m0/s1. The highest BCUT2D eigenvalue weighted by molar-refractivity contribution is 5.90. The van der Waals surface area contributed by atoms with E-state index < -0.39 is 29.1 Å². The maximum Gasteiger partial charge on any atom is 0.384 e. The molecule has 120 valence electrons. The van der Waals surface area contributed by atoms with Gasteiger partial charge in [0.2, 0.25) is 0 Å². The number of carbonyl (C=O) groups excluding carboxylic acids is 2. The van der Waals surface area contributed by atoms with Crippen molar-refractivity contribution in [2.75, 3.05) is 6.61 Å². The second-order valence-corrected chi connectivity index (χ2v) is 6.05. The Kier molecular flexibility index (Phi) is 7.42. The predicted molar refractivity (Wildman–Crippen MR) is 78.2 cm³/mol. The lowest BCUT2D eigenvalue weighted by Gasteiger charge is -2.21. The molecule has 0 saturated heterocycles. The van der Waals surface area contributed by atoms with Gasteiger partial charge in [-0.15, -0.1) is 0 Å². The van der Waals surface area contributed by atoms with E-state index in [1.54, 1.807) is 34.6 Å². The van der Waals surface area contributed by atoms with Crippen LogP contribution in [0.5, 0.6) is 0 Å². The summed E-state index contributed by atoms with van der Waals surface area (Å²) in [6, 6.07) is 0. The Morgan fingerprint density at radius 1 is 1.19 bits per heavy atom. The van der Waals surface area contributed by atoms with Gasteiger partial charge in [-0.25, -0.2) is 9.18 Å². The molecule has 0 heterocycles. The van der Waals surface area contributed by atoms with E-state index in [-0.39, 0.29) is 19.4 Å². The first-order valence-electron chi connectivity index (χ1n) is 7.11. The molecule has 2 atom stereocenters. The first-order valence-corrected chi connectivity index (χ1v) is 7.11. The Morgan fingerprint density at radius 2 is 1.76 bits per heavy atom. The number of rotatable bonds is 5. The van der Waals surface area contributed by atoms with E-state index in [1.807, 2.05) is 0 Å². The van der Waals surface area contributed by atoms with Gasteiger partial charge in [0.05, 0.1) is 6.61 Å². The summed E-state index contributed by atoms with van der Waals surface area (Å²) in [6.07, 6.45) is 0.134. The van der Waals surface area contributed by atoms with Gasteiger partial charge in [-0.1, -0.05) is 12.8 Å². The van der Waals surface area contributed by atoms with E-state index in [2.05, 4.69) is 11.8 Å². The summed E-state index contributed by atoms with van der Waals surface area (Å²) in [4.78, 5) is 23.3. The molecule has 0 rings (SSSR count). The summed E-state index contributed by atoms with van der Waals surface area (Å²) >= 11 is 0. The zero-order valence-electron chi connectivity index (χ0n) is 13.7. The van der Waals surface area contributed by atoms with Crippen LogP contribution in [0.15, 0.2) is 0 Å². The summed E-state index contributed by atoms with van der Waals surface area (Å²) in [5.41, 5.74) is -2.21. The minimum Gasteiger partial charge on any atom is -0.465 e. The monoisotopic (exact) mass is 300 g/mol. The molecule has 0 N–H and O–H groups in total. The summed E-state index contributed by atoms with van der Waals surface area (Å²) < 4.78 is 24.0. The average molecular weight is 300 g/mol. The normalized spacial score (nSPS) is 15.2. The van der Waals surface area contributed by atoms with Crippen LogP contribution in [0, 0.1) is 17.8 Å². The highest BCUT2D eigenvalue weighted by Gasteiger charge is 2.30. The van der Waals surface area contributed by atoms with Crippen LogP contribution in [0.3, 0.4) is 0 Å². The van der Waals surface area contributed by atoms with Gasteiger partial charge in [0.15, 0.2) is 0 Å². The smallest absolute Gasteiger partial charge is 0.384 e. The lowest BCUT2D eigenvalue weighted by molar-refractivity contribution is -0.147. The topological polar surface area (TPSA) is 52.6 Å². The Hall–Kier alpha value is -1.57. The van der Waals surface area contributed by atoms with Crippen LogP contribution in [0.4, 0.5) is 4.39 Å². The summed E-state index contributed by atoms with van der Waals surface area (Å²) in [7, 11) is 0. The third kappa shape index (κ3) is 9.06. The fourth-order valence-electron chi connectivity index (χ4n) is 1.46. The van der Waals surface area contributed by atoms with Crippen molar-refractivity contribution in [2.45, 2.75) is 65.7 Å². The second kappa shape index (κ2) is 8.02. The summed E-state index contributed by atoms with van der Waals surface area (Å²) in [6.45, 7) is 10.1. The third-order valence-corrected chi connectivity index (χ3v) is 2.69. The molecular weight excluding hydrogens is 275 g/mol. The van der Waals surface area contributed by atoms with Crippen molar-refractivity contribution in [1.29, 1.82) is 0 Å². The maximum absolute atomic E-state index is 14.1. The van der Waals surface area contributed by atoms with Crippen molar-refractivity contribution < 1.29 is 23.5 Å². The number of hydrogen-bond acceptors (Lipinski definition) is 4. The molecule has 0 spiro atoms. The van der Waals surface area contributed by atoms with Crippen LogP contribution in [0.25, 0.3) is 0 Å². The molecule has 0 aromatic rings. The van der Waals surface area contributed by atoms with E-state index in [0.29, 0.717) is 0 Å². The number of alkyl halides is 1. The van der Waals surface area contributed by atoms with Crippen LogP contribution >= 0.6 is 0 Å². The Bertz CT molecular complexity index is 424. The molecule has 0 saturated carbocycles. The van der Waals surface area contributed by atoms with Crippen molar-refractivity contribution in [1.82, 2.24) is 0 Å². The number of halogens is 1. The van der Waals surface area contributed by atoms with Crippen molar-refractivity contribution in [3.8, 4) is 11.8 Å². The zero-order chi connectivity index (χ0) is 16.7. The lowest BCUT2D eigenvalue weighted by Crippen LogP contribution is -2.27. The van der Waals surface area contributed by atoms with Crippen LogP contribution in [0.1, 0.15) is 54.4 Å². The van der Waals surface area contributed by atoms with Gasteiger partial charge < -0.3 is 9.47 Å². The summed E-state index contributed by atoms with van der Waals surface area (Å²) in [5, 5.41) is 0. The molecule has 0 aliphatic heterocycles. The largest absolute Gasteiger partial charge is 0.465 e. The predicted octanol–water partition coefficient (Wildman–Crippen LogP) is 3.04. The van der Waals surface area contributed by atoms with Gasteiger partial charge in [0.25, 0.3) is 0 Å². The fraction of sp³-hybridized carbons (Fsp3) is 0.750. The molecule has 0 bridgehead atoms. The van der Waals surface area contributed by atoms with Gasteiger partial charge in [-0.05, 0) is 41.0 Å². The first kappa shape index (κ1) is 19.4. The quantitative estimate of drug-likeness (QED) is 0.445. The van der Waals surface area contributed by atoms with Crippen LogP contribution < -0.4 is 0 Å². The minimum atomic E-state index is -1.54. The zero-order valence-corrected chi connectivity index (χ0v) is 13.7. The molecule has 0 aromatic heterocycles. The molecule has 1 unspecified atom stereocenters. The Labute approximate surface area is 126 Å². The third-order valence-electron chi connectivity index (χ3n) is 2.69. The van der Waals surface area contributed by atoms with Crippen molar-refractivity contribution in [3.05, 3.63) is 0 Å². The van der Waals surface area contributed by atoms with Crippen molar-refractivity contribution in [2.24, 2.45) is 5.92 Å². The maximum atomic E-state index is 14.1. The Morgan fingerprint density at radius 3 is 2.19 bits per heavy atom. The van der Waals surface area contributed by atoms with Crippen molar-refractivity contribution in [3.63, 3.8) is 0 Å². The van der Waals surface area contributed by atoms with Crippen LogP contribution in [0.2, 0.25) is 0 Å². The highest BCUT2D eigenvalue weighted by Crippen LogP contribution is 2.25. The highest BCUT2D eigenvalue weighted by atomic mass is 19.1. The fourth-order valence-corrected chi connectivity index (χ4v) is 1.46. The van der Waals surface area contributed by atoms with Crippen LogP contribution in [-0.4, -0.2) is 29.8 Å². The van der Waals surface area contributed by atoms with Crippen molar-refractivity contribution >= 4 is 11.9 Å². The van der Waals surface area contributed by atoms with Gasteiger partial charge in [0.1, 0.15) is 17.2 Å². The molecule has 0 aromatic carbocycles. The van der Waals surface area contributed by atoms with E-state index in [9.17, 15) is 14.0 Å². The van der Waals surface area contributed by atoms with Gasteiger partial charge in [-0.3, -0.25) is 4.79 Å². The van der Waals surface area contributed by atoms with Crippen LogP contribution in [-0.2, 0) is 19.1 Å². The number of carbonyl (C=O) groups is 2. The van der Waals surface area contributed by atoms with E-state index in [0.717, 1.165) is 0 Å². The average Bonchev–Trinajstić information content (AvgIpc) is 2.32. The van der Waals surface area contributed by atoms with E-state index >= 15 is 0 Å². The van der Waals surface area contributed by atoms with E-state index in [1.165, 1.54) is 6.92 Å². The number of hydrogen-bond donors (Lipinski definition) is 0. The molecule has 0 radical (unpaired) electrons. The van der Waals surface area contributed by atoms with Gasteiger partial charge in [-0.2, -0.15) is 0 Å². The first-order chi connectivity index (χ1) is 9.50. The molecule has 4 nitrogen and oxygen atoms in total.